The third kappa shape index (κ3) is 3.59. The number of nitrogens with zero attached hydrogens (tertiary/aromatic N) is 2. The molecule has 0 saturated carbocycles. The van der Waals surface area contributed by atoms with Crippen molar-refractivity contribution in [3.63, 3.8) is 0 Å². The van der Waals surface area contributed by atoms with Crippen LogP contribution in [-0.2, 0) is 10.0 Å². The molecule has 1 rings (SSSR count). The zero-order chi connectivity index (χ0) is 16.4. The first kappa shape index (κ1) is 17.1. The van der Waals surface area contributed by atoms with E-state index >= 15 is 0 Å². The lowest BCUT2D eigenvalue weighted by Crippen LogP contribution is -2.45. The third-order valence-electron chi connectivity index (χ3n) is 2.77. The fourth-order valence-corrected chi connectivity index (χ4v) is 3.56. The summed E-state index contributed by atoms with van der Waals surface area (Å²) in [7, 11) is -3.95. The van der Waals surface area contributed by atoms with Crippen molar-refractivity contribution in [3.8, 4) is 5.75 Å². The van der Waals surface area contributed by atoms with Gasteiger partial charge in [-0.25, -0.2) is 8.42 Å². The predicted molar refractivity (Wildman–Crippen MR) is 78.6 cm³/mol. The van der Waals surface area contributed by atoms with Crippen LogP contribution in [0.3, 0.4) is 0 Å². The molecule has 0 heterocycles. The topological polar surface area (TPSA) is 101 Å². The number of hydrogen-bond acceptors (Lipinski definition) is 5. The molecular formula is C13H18N2O5S. The van der Waals surface area contributed by atoms with Gasteiger partial charge in [-0.05, 0) is 32.9 Å². The van der Waals surface area contributed by atoms with E-state index in [1.807, 2.05) is 0 Å². The summed E-state index contributed by atoms with van der Waals surface area (Å²) in [5.41, 5.74) is -1.37. The Morgan fingerprint density at radius 2 is 2.00 bits per heavy atom. The number of sulfonamides is 1. The van der Waals surface area contributed by atoms with Crippen LogP contribution >= 0.6 is 0 Å². The first-order chi connectivity index (χ1) is 9.51. The molecule has 0 bridgehead atoms. The molecule has 1 N–H and O–H groups in total. The number of nitro groups is 1. The van der Waals surface area contributed by atoms with Crippen molar-refractivity contribution in [2.45, 2.75) is 31.2 Å². The van der Waals surface area contributed by atoms with Gasteiger partial charge in [-0.2, -0.15) is 4.31 Å². The van der Waals surface area contributed by atoms with Gasteiger partial charge in [0.25, 0.3) is 0 Å². The Bertz CT molecular complexity index is 662. The molecule has 0 aliphatic carbocycles. The Balaban J connectivity index is 3.45. The number of phenolic OH excluding ortho intramolecular Hbond substituents is 1. The molecule has 116 valence electrons. The van der Waals surface area contributed by atoms with Crippen molar-refractivity contribution in [2.24, 2.45) is 0 Å². The SMILES string of the molecule is C=CCN(C(C)(C)C)S(=O)(=O)c1ccc(O)c([N+](=O)[O-])c1. The number of phenols is 1. The number of benzene rings is 1. The highest BCUT2D eigenvalue weighted by molar-refractivity contribution is 7.89. The van der Waals surface area contributed by atoms with Crippen molar-refractivity contribution in [3.05, 3.63) is 41.0 Å². The van der Waals surface area contributed by atoms with Crippen LogP contribution in [-0.4, -0.2) is 34.8 Å². The Morgan fingerprint density at radius 3 is 2.43 bits per heavy atom. The maximum absolute atomic E-state index is 12.6. The van der Waals surface area contributed by atoms with E-state index in [9.17, 15) is 23.6 Å². The quantitative estimate of drug-likeness (QED) is 0.510. The Labute approximate surface area is 123 Å². The van der Waals surface area contributed by atoms with Crippen LogP contribution in [0.5, 0.6) is 5.75 Å². The normalized spacial score (nSPS) is 12.4. The van der Waals surface area contributed by atoms with Crippen LogP contribution < -0.4 is 0 Å². The third-order valence-corrected chi connectivity index (χ3v) is 4.90. The monoisotopic (exact) mass is 314 g/mol. The maximum atomic E-state index is 12.6. The minimum absolute atomic E-state index is 0.0699. The number of rotatable bonds is 5. The molecule has 1 aromatic rings. The molecule has 0 saturated heterocycles. The van der Waals surface area contributed by atoms with E-state index in [-0.39, 0.29) is 11.4 Å². The summed E-state index contributed by atoms with van der Waals surface area (Å²) in [4.78, 5) is 9.74. The zero-order valence-corrected chi connectivity index (χ0v) is 12.9. The lowest BCUT2D eigenvalue weighted by atomic mass is 10.1. The minimum atomic E-state index is -3.95. The molecule has 21 heavy (non-hydrogen) atoms. The molecule has 0 spiro atoms. The van der Waals surface area contributed by atoms with Crippen LogP contribution in [0.2, 0.25) is 0 Å². The second-order valence-electron chi connectivity index (χ2n) is 5.40. The molecule has 0 radical (unpaired) electrons. The summed E-state index contributed by atoms with van der Waals surface area (Å²) in [6, 6.07) is 2.99. The molecule has 0 fully saturated rings. The number of aromatic hydroxyl groups is 1. The van der Waals surface area contributed by atoms with Gasteiger partial charge in [-0.3, -0.25) is 10.1 Å². The average molecular weight is 314 g/mol. The van der Waals surface area contributed by atoms with Gasteiger partial charge in [-0.1, -0.05) is 6.08 Å². The molecule has 7 nitrogen and oxygen atoms in total. The van der Waals surface area contributed by atoms with E-state index in [4.69, 9.17) is 0 Å². The van der Waals surface area contributed by atoms with E-state index in [2.05, 4.69) is 6.58 Å². The van der Waals surface area contributed by atoms with Gasteiger partial charge in [-0.15, -0.1) is 6.58 Å². The fourth-order valence-electron chi connectivity index (χ4n) is 1.79. The van der Waals surface area contributed by atoms with Crippen LogP contribution in [0.15, 0.2) is 35.7 Å². The van der Waals surface area contributed by atoms with E-state index in [1.54, 1.807) is 20.8 Å². The van der Waals surface area contributed by atoms with Crippen molar-refractivity contribution in [1.82, 2.24) is 4.31 Å². The Hall–Kier alpha value is -1.93. The first-order valence-corrected chi connectivity index (χ1v) is 7.57. The van der Waals surface area contributed by atoms with Crippen molar-refractivity contribution in [1.29, 1.82) is 0 Å². The Morgan fingerprint density at radius 1 is 1.43 bits per heavy atom. The van der Waals surface area contributed by atoms with Crippen LogP contribution in [0.1, 0.15) is 20.8 Å². The first-order valence-electron chi connectivity index (χ1n) is 6.13. The highest BCUT2D eigenvalue weighted by Crippen LogP contribution is 2.31. The van der Waals surface area contributed by atoms with Gasteiger partial charge in [0.1, 0.15) is 0 Å². The van der Waals surface area contributed by atoms with Crippen LogP contribution in [0, 0.1) is 10.1 Å². The number of hydrogen-bond donors (Lipinski definition) is 1. The van der Waals surface area contributed by atoms with Crippen molar-refractivity contribution in [2.75, 3.05) is 6.54 Å². The van der Waals surface area contributed by atoms with E-state index < -0.39 is 31.9 Å². The van der Waals surface area contributed by atoms with Gasteiger partial charge >= 0.3 is 5.69 Å². The molecule has 8 heteroatoms. The molecule has 0 amide bonds. The minimum Gasteiger partial charge on any atom is -0.502 e. The summed E-state index contributed by atoms with van der Waals surface area (Å²) in [6.45, 7) is 8.73. The zero-order valence-electron chi connectivity index (χ0n) is 12.1. The van der Waals surface area contributed by atoms with Crippen LogP contribution in [0.25, 0.3) is 0 Å². The molecular weight excluding hydrogens is 296 g/mol. The van der Waals surface area contributed by atoms with Crippen molar-refractivity contribution >= 4 is 15.7 Å². The summed E-state index contributed by atoms with van der Waals surface area (Å²) < 4.78 is 26.4. The molecule has 0 aliphatic rings. The molecule has 1 aromatic carbocycles. The smallest absolute Gasteiger partial charge is 0.312 e. The highest BCUT2D eigenvalue weighted by Gasteiger charge is 2.34. The maximum Gasteiger partial charge on any atom is 0.312 e. The van der Waals surface area contributed by atoms with E-state index in [0.29, 0.717) is 0 Å². The molecule has 0 aliphatic heterocycles. The lowest BCUT2D eigenvalue weighted by molar-refractivity contribution is -0.386. The number of nitro benzene ring substituents is 1. The largest absolute Gasteiger partial charge is 0.502 e. The standard InChI is InChI=1S/C13H18N2O5S/c1-5-8-14(13(2,3)4)21(19,20)10-6-7-12(16)11(9-10)15(17)18/h5-7,9,16H,1,8H2,2-4H3. The summed E-state index contributed by atoms with van der Waals surface area (Å²) >= 11 is 0. The van der Waals surface area contributed by atoms with E-state index in [0.717, 1.165) is 18.2 Å². The lowest BCUT2D eigenvalue weighted by Gasteiger charge is -2.33. The predicted octanol–water partition coefficient (Wildman–Crippen LogP) is 2.28. The second kappa shape index (κ2) is 5.82. The fraction of sp³-hybridized carbons (Fsp3) is 0.385. The summed E-state index contributed by atoms with van der Waals surface area (Å²) in [6.07, 6.45) is 1.44. The van der Waals surface area contributed by atoms with Crippen LogP contribution in [0.4, 0.5) is 5.69 Å². The average Bonchev–Trinajstić information content (AvgIpc) is 2.34. The highest BCUT2D eigenvalue weighted by atomic mass is 32.2. The Kier molecular flexibility index (Phi) is 4.75. The summed E-state index contributed by atoms with van der Waals surface area (Å²) in [5.74, 6) is -0.579. The van der Waals surface area contributed by atoms with Gasteiger partial charge in [0, 0.05) is 18.2 Å². The van der Waals surface area contributed by atoms with Crippen molar-refractivity contribution < 1.29 is 18.4 Å². The van der Waals surface area contributed by atoms with Gasteiger partial charge < -0.3 is 5.11 Å². The van der Waals surface area contributed by atoms with Gasteiger partial charge in [0.15, 0.2) is 5.75 Å². The second-order valence-corrected chi connectivity index (χ2v) is 7.27. The van der Waals surface area contributed by atoms with E-state index in [1.165, 1.54) is 10.4 Å². The molecule has 0 atom stereocenters. The molecule has 0 aromatic heterocycles. The van der Waals surface area contributed by atoms with Gasteiger partial charge in [0.2, 0.25) is 10.0 Å². The van der Waals surface area contributed by atoms with Gasteiger partial charge in [0.05, 0.1) is 9.82 Å². The summed E-state index contributed by atoms with van der Waals surface area (Å²) in [5, 5.41) is 20.2. The molecule has 0 unspecified atom stereocenters.